The van der Waals surface area contributed by atoms with Crippen molar-refractivity contribution in [3.05, 3.63) is 0 Å². The molecular weight excluding hydrogens is 184 g/mol. The Morgan fingerprint density at radius 2 is 1.67 bits per heavy atom. The Bertz CT molecular complexity index is 175. The Morgan fingerprint density at radius 1 is 1.07 bits per heavy atom. The lowest BCUT2D eigenvalue weighted by Gasteiger charge is -2.19. The van der Waals surface area contributed by atoms with E-state index in [0.717, 1.165) is 12.0 Å². The van der Waals surface area contributed by atoms with Crippen LogP contribution >= 0.6 is 0 Å². The zero-order valence-corrected chi connectivity index (χ0v) is 10.3. The van der Waals surface area contributed by atoms with E-state index in [1.54, 1.807) is 0 Å². The summed E-state index contributed by atoms with van der Waals surface area (Å²) in [5.74, 6) is 0.975. The van der Waals surface area contributed by atoms with Gasteiger partial charge >= 0.3 is 0 Å². The lowest BCUT2D eigenvalue weighted by molar-refractivity contribution is 0.332. The van der Waals surface area contributed by atoms with Crippen molar-refractivity contribution in [1.29, 1.82) is 0 Å². The first-order chi connectivity index (χ1) is 7.38. The van der Waals surface area contributed by atoms with Crippen LogP contribution in [0, 0.1) is 5.92 Å². The molecule has 0 aromatic heterocycles. The summed E-state index contributed by atoms with van der Waals surface area (Å²) < 4.78 is 0. The molecule has 0 aromatic carbocycles. The summed E-state index contributed by atoms with van der Waals surface area (Å²) in [5.41, 5.74) is 0. The van der Waals surface area contributed by atoms with Crippen LogP contribution in [-0.2, 0) is 0 Å². The maximum absolute atomic E-state index is 3.45. The quantitative estimate of drug-likeness (QED) is 0.720. The summed E-state index contributed by atoms with van der Waals surface area (Å²) >= 11 is 0. The SMILES string of the molecule is CCN1C(NC)C1C1CCCCCCC1. The molecule has 0 bridgehead atoms. The van der Waals surface area contributed by atoms with Gasteiger partial charge in [0.05, 0.1) is 6.17 Å². The van der Waals surface area contributed by atoms with Gasteiger partial charge in [-0.05, 0) is 32.4 Å². The van der Waals surface area contributed by atoms with E-state index in [1.807, 2.05) is 0 Å². The van der Waals surface area contributed by atoms with Gasteiger partial charge in [0.2, 0.25) is 0 Å². The number of hydrogen-bond donors (Lipinski definition) is 1. The van der Waals surface area contributed by atoms with Gasteiger partial charge in [0.25, 0.3) is 0 Å². The Labute approximate surface area is 94.4 Å². The summed E-state index contributed by atoms with van der Waals surface area (Å²) in [4.78, 5) is 2.62. The van der Waals surface area contributed by atoms with Gasteiger partial charge in [-0.2, -0.15) is 0 Å². The fourth-order valence-corrected chi connectivity index (χ4v) is 3.40. The lowest BCUT2D eigenvalue weighted by Crippen LogP contribution is -2.19. The van der Waals surface area contributed by atoms with Crippen molar-refractivity contribution in [2.45, 2.75) is 64.1 Å². The molecule has 3 unspecified atom stereocenters. The zero-order chi connectivity index (χ0) is 10.7. The minimum absolute atomic E-state index is 0.694. The Hall–Kier alpha value is -0.0800. The molecule has 1 aliphatic carbocycles. The number of hydrogen-bond acceptors (Lipinski definition) is 2. The van der Waals surface area contributed by atoms with Crippen LogP contribution in [0.2, 0.25) is 0 Å². The normalized spacial score (nSPS) is 38.4. The maximum Gasteiger partial charge on any atom is 0.0761 e. The number of likely N-dealkylation sites (N-methyl/N-ethyl adjacent to an activating group) is 2. The Kier molecular flexibility index (Phi) is 4.04. The van der Waals surface area contributed by atoms with Crippen LogP contribution in [0.5, 0.6) is 0 Å². The first-order valence-electron chi connectivity index (χ1n) is 6.81. The second kappa shape index (κ2) is 5.31. The molecule has 0 radical (unpaired) electrons. The smallest absolute Gasteiger partial charge is 0.0761 e. The van der Waals surface area contributed by atoms with Crippen molar-refractivity contribution in [3.8, 4) is 0 Å². The minimum atomic E-state index is 0.694. The zero-order valence-electron chi connectivity index (χ0n) is 10.3. The first-order valence-corrected chi connectivity index (χ1v) is 6.81. The van der Waals surface area contributed by atoms with Crippen molar-refractivity contribution in [3.63, 3.8) is 0 Å². The van der Waals surface area contributed by atoms with Crippen molar-refractivity contribution < 1.29 is 0 Å². The second-order valence-corrected chi connectivity index (χ2v) is 5.16. The molecule has 15 heavy (non-hydrogen) atoms. The van der Waals surface area contributed by atoms with Crippen molar-refractivity contribution in [1.82, 2.24) is 10.2 Å². The second-order valence-electron chi connectivity index (χ2n) is 5.16. The van der Waals surface area contributed by atoms with Gasteiger partial charge in [0, 0.05) is 6.04 Å². The Balaban J connectivity index is 1.85. The van der Waals surface area contributed by atoms with E-state index in [2.05, 4.69) is 24.2 Å². The largest absolute Gasteiger partial charge is 0.303 e. The Morgan fingerprint density at radius 3 is 2.13 bits per heavy atom. The van der Waals surface area contributed by atoms with Crippen LogP contribution < -0.4 is 5.32 Å². The molecule has 2 rings (SSSR count). The molecule has 1 saturated heterocycles. The van der Waals surface area contributed by atoms with E-state index in [-0.39, 0.29) is 0 Å². The summed E-state index contributed by atoms with van der Waals surface area (Å²) in [6, 6.07) is 0.859. The van der Waals surface area contributed by atoms with Crippen LogP contribution in [0.4, 0.5) is 0 Å². The molecule has 1 N–H and O–H groups in total. The summed E-state index contributed by atoms with van der Waals surface area (Å²) in [6.07, 6.45) is 11.0. The van der Waals surface area contributed by atoms with Gasteiger partial charge in [-0.15, -0.1) is 0 Å². The van der Waals surface area contributed by atoms with E-state index in [4.69, 9.17) is 0 Å². The van der Waals surface area contributed by atoms with Crippen LogP contribution in [0.1, 0.15) is 51.9 Å². The average Bonchev–Trinajstić information content (AvgIpc) is 2.90. The summed E-state index contributed by atoms with van der Waals surface area (Å²) in [7, 11) is 2.11. The molecule has 88 valence electrons. The third-order valence-electron chi connectivity index (χ3n) is 4.27. The van der Waals surface area contributed by atoms with Gasteiger partial charge < -0.3 is 5.32 Å². The number of rotatable bonds is 3. The van der Waals surface area contributed by atoms with Gasteiger partial charge in [0.1, 0.15) is 0 Å². The van der Waals surface area contributed by atoms with Crippen LogP contribution in [0.3, 0.4) is 0 Å². The van der Waals surface area contributed by atoms with E-state index >= 15 is 0 Å². The van der Waals surface area contributed by atoms with Gasteiger partial charge in [-0.1, -0.05) is 39.0 Å². The van der Waals surface area contributed by atoms with Crippen LogP contribution in [0.25, 0.3) is 0 Å². The highest BCUT2D eigenvalue weighted by atomic mass is 15.4. The van der Waals surface area contributed by atoms with E-state index < -0.39 is 0 Å². The predicted molar refractivity (Wildman–Crippen MR) is 64.8 cm³/mol. The van der Waals surface area contributed by atoms with E-state index in [1.165, 1.54) is 51.5 Å². The molecule has 0 amide bonds. The summed E-state index contributed by atoms with van der Waals surface area (Å²) in [6.45, 7) is 3.50. The fourth-order valence-electron chi connectivity index (χ4n) is 3.40. The molecule has 1 saturated carbocycles. The van der Waals surface area contributed by atoms with E-state index in [9.17, 15) is 0 Å². The molecule has 1 aliphatic heterocycles. The molecule has 0 aromatic rings. The fraction of sp³-hybridized carbons (Fsp3) is 1.00. The number of nitrogens with zero attached hydrogens (tertiary/aromatic N) is 1. The molecule has 0 spiro atoms. The van der Waals surface area contributed by atoms with Gasteiger partial charge in [0.15, 0.2) is 0 Å². The molecule has 2 heteroatoms. The highest BCUT2D eigenvalue weighted by Crippen LogP contribution is 2.38. The average molecular weight is 210 g/mol. The summed E-state index contributed by atoms with van der Waals surface area (Å²) in [5, 5.41) is 3.45. The minimum Gasteiger partial charge on any atom is -0.303 e. The maximum atomic E-state index is 3.45. The lowest BCUT2D eigenvalue weighted by atomic mass is 9.88. The topological polar surface area (TPSA) is 15.0 Å². The monoisotopic (exact) mass is 210 g/mol. The highest BCUT2D eigenvalue weighted by Gasteiger charge is 2.49. The molecule has 1 heterocycles. The van der Waals surface area contributed by atoms with Crippen LogP contribution in [0.15, 0.2) is 0 Å². The predicted octanol–water partition coefficient (Wildman–Crippen LogP) is 2.60. The number of nitrogens with one attached hydrogen (secondary N) is 1. The van der Waals surface area contributed by atoms with Crippen LogP contribution in [-0.4, -0.2) is 30.7 Å². The molecular formula is C13H26N2. The first kappa shape index (κ1) is 11.4. The standard InChI is InChI=1S/C13H26N2/c1-3-15-12(13(15)14-2)11-9-7-5-4-6-8-10-11/h11-14H,3-10H2,1-2H3. The van der Waals surface area contributed by atoms with Crippen molar-refractivity contribution in [2.75, 3.05) is 13.6 Å². The van der Waals surface area contributed by atoms with Gasteiger partial charge in [-0.25, -0.2) is 0 Å². The highest BCUT2D eigenvalue weighted by molar-refractivity contribution is 5.02. The van der Waals surface area contributed by atoms with Gasteiger partial charge in [-0.3, -0.25) is 4.90 Å². The molecule has 3 atom stereocenters. The van der Waals surface area contributed by atoms with Crippen molar-refractivity contribution in [2.24, 2.45) is 5.92 Å². The van der Waals surface area contributed by atoms with Crippen molar-refractivity contribution >= 4 is 0 Å². The molecule has 2 fully saturated rings. The third-order valence-corrected chi connectivity index (χ3v) is 4.27. The molecule has 2 aliphatic rings. The third kappa shape index (κ3) is 2.54. The van der Waals surface area contributed by atoms with E-state index in [0.29, 0.717) is 6.17 Å². The molecule has 2 nitrogen and oxygen atoms in total.